The highest BCUT2D eigenvalue weighted by Crippen LogP contribution is 2.28. The molecule has 0 fully saturated rings. The first kappa shape index (κ1) is 10.6. The molecule has 0 aliphatic rings. The summed E-state index contributed by atoms with van der Waals surface area (Å²) in [5, 5.41) is 6.13. The summed E-state index contributed by atoms with van der Waals surface area (Å²) in [5.41, 5.74) is 0. The van der Waals surface area contributed by atoms with Gasteiger partial charge in [-0.25, -0.2) is 9.97 Å². The Kier molecular flexibility index (Phi) is 3.50. The summed E-state index contributed by atoms with van der Waals surface area (Å²) in [6, 6.07) is 0.309. The third-order valence-electron chi connectivity index (χ3n) is 1.67. The molecule has 0 unspecified atom stereocenters. The van der Waals surface area contributed by atoms with Crippen molar-refractivity contribution in [3.8, 4) is 5.75 Å². The zero-order valence-electron chi connectivity index (χ0n) is 8.96. The van der Waals surface area contributed by atoms with Crippen molar-refractivity contribution in [2.45, 2.75) is 19.9 Å². The third kappa shape index (κ3) is 2.25. The van der Waals surface area contributed by atoms with Crippen molar-refractivity contribution in [1.82, 2.24) is 9.97 Å². The molecule has 5 nitrogen and oxygen atoms in total. The van der Waals surface area contributed by atoms with Gasteiger partial charge in [-0.05, 0) is 13.8 Å². The zero-order valence-corrected chi connectivity index (χ0v) is 8.96. The number of hydrogen-bond donors (Lipinski definition) is 2. The Morgan fingerprint density at radius 1 is 1.29 bits per heavy atom. The Bertz CT molecular complexity index is 301. The molecule has 2 N–H and O–H groups in total. The highest BCUT2D eigenvalue weighted by molar-refractivity contribution is 5.63. The molecule has 14 heavy (non-hydrogen) atoms. The van der Waals surface area contributed by atoms with Gasteiger partial charge >= 0.3 is 0 Å². The number of aromatic nitrogens is 2. The number of nitrogens with zero attached hydrogens (tertiary/aromatic N) is 2. The molecule has 1 heterocycles. The predicted octanol–water partition coefficient (Wildman–Crippen LogP) is 1.35. The van der Waals surface area contributed by atoms with Crippen LogP contribution >= 0.6 is 0 Å². The molecule has 0 saturated carbocycles. The third-order valence-corrected chi connectivity index (χ3v) is 1.67. The number of methoxy groups -OCH3 is 1. The van der Waals surface area contributed by atoms with Gasteiger partial charge in [-0.15, -0.1) is 0 Å². The smallest absolute Gasteiger partial charge is 0.204 e. The van der Waals surface area contributed by atoms with Gasteiger partial charge in [0, 0.05) is 13.1 Å². The van der Waals surface area contributed by atoms with Crippen molar-refractivity contribution < 1.29 is 4.74 Å². The van der Waals surface area contributed by atoms with Crippen LogP contribution in [0.1, 0.15) is 13.8 Å². The van der Waals surface area contributed by atoms with Crippen LogP contribution in [0.4, 0.5) is 11.6 Å². The van der Waals surface area contributed by atoms with Gasteiger partial charge in [-0.2, -0.15) is 0 Å². The van der Waals surface area contributed by atoms with E-state index in [1.807, 2.05) is 13.8 Å². The summed E-state index contributed by atoms with van der Waals surface area (Å²) in [6.07, 6.45) is 1.50. The summed E-state index contributed by atoms with van der Waals surface area (Å²) in [4.78, 5) is 8.16. The molecule has 0 aliphatic carbocycles. The summed E-state index contributed by atoms with van der Waals surface area (Å²) in [7, 11) is 3.40. The molecule has 1 rings (SSSR count). The van der Waals surface area contributed by atoms with E-state index in [0.717, 1.165) is 0 Å². The van der Waals surface area contributed by atoms with Crippen molar-refractivity contribution in [3.63, 3.8) is 0 Å². The van der Waals surface area contributed by atoms with Crippen molar-refractivity contribution in [2.24, 2.45) is 0 Å². The van der Waals surface area contributed by atoms with Crippen LogP contribution in [0, 0.1) is 0 Å². The van der Waals surface area contributed by atoms with E-state index in [2.05, 4.69) is 20.6 Å². The van der Waals surface area contributed by atoms with Crippen LogP contribution < -0.4 is 15.4 Å². The van der Waals surface area contributed by atoms with E-state index in [-0.39, 0.29) is 0 Å². The lowest BCUT2D eigenvalue weighted by atomic mass is 10.3. The summed E-state index contributed by atoms with van der Waals surface area (Å²) in [5.74, 6) is 2.04. The molecule has 1 aromatic rings. The fraction of sp³-hybridized carbons (Fsp3) is 0.556. The van der Waals surface area contributed by atoms with Crippen LogP contribution in [0.2, 0.25) is 0 Å². The maximum atomic E-state index is 5.22. The minimum Gasteiger partial charge on any atom is -0.490 e. The largest absolute Gasteiger partial charge is 0.490 e. The highest BCUT2D eigenvalue weighted by atomic mass is 16.5. The monoisotopic (exact) mass is 196 g/mol. The lowest BCUT2D eigenvalue weighted by Gasteiger charge is -2.14. The lowest BCUT2D eigenvalue weighted by molar-refractivity contribution is 0.414. The number of ether oxygens (including phenoxy) is 1. The molecule has 0 bridgehead atoms. The number of rotatable bonds is 4. The average Bonchev–Trinajstić information content (AvgIpc) is 2.16. The molecule has 0 spiro atoms. The molecule has 5 heteroatoms. The van der Waals surface area contributed by atoms with Crippen LogP contribution in [0.15, 0.2) is 6.33 Å². The second-order valence-electron chi connectivity index (χ2n) is 3.15. The number of nitrogens with one attached hydrogen (secondary N) is 2. The van der Waals surface area contributed by atoms with E-state index in [1.54, 1.807) is 14.2 Å². The minimum absolute atomic E-state index is 0.309. The molecular weight excluding hydrogens is 180 g/mol. The summed E-state index contributed by atoms with van der Waals surface area (Å²) < 4.78 is 5.22. The first-order valence-corrected chi connectivity index (χ1v) is 4.52. The van der Waals surface area contributed by atoms with Gasteiger partial charge in [-0.3, -0.25) is 0 Å². The fourth-order valence-corrected chi connectivity index (χ4v) is 1.12. The Morgan fingerprint density at radius 3 is 2.43 bits per heavy atom. The highest BCUT2D eigenvalue weighted by Gasteiger charge is 2.10. The minimum atomic E-state index is 0.309. The molecule has 78 valence electrons. The van der Waals surface area contributed by atoms with E-state index in [9.17, 15) is 0 Å². The van der Waals surface area contributed by atoms with Gasteiger partial charge in [-0.1, -0.05) is 0 Å². The van der Waals surface area contributed by atoms with E-state index in [4.69, 9.17) is 4.74 Å². The molecule has 0 radical (unpaired) electrons. The average molecular weight is 196 g/mol. The van der Waals surface area contributed by atoms with Gasteiger partial charge < -0.3 is 15.4 Å². The summed E-state index contributed by atoms with van der Waals surface area (Å²) in [6.45, 7) is 4.08. The van der Waals surface area contributed by atoms with Crippen LogP contribution in [-0.2, 0) is 0 Å². The van der Waals surface area contributed by atoms with Crippen LogP contribution in [-0.4, -0.2) is 30.2 Å². The Hall–Kier alpha value is -1.52. The van der Waals surface area contributed by atoms with Gasteiger partial charge in [0.15, 0.2) is 11.6 Å². The van der Waals surface area contributed by atoms with Crippen LogP contribution in [0.3, 0.4) is 0 Å². The van der Waals surface area contributed by atoms with Crippen molar-refractivity contribution >= 4 is 11.6 Å². The lowest BCUT2D eigenvalue weighted by Crippen LogP contribution is -2.13. The van der Waals surface area contributed by atoms with E-state index < -0.39 is 0 Å². The van der Waals surface area contributed by atoms with Gasteiger partial charge in [0.25, 0.3) is 0 Å². The second-order valence-corrected chi connectivity index (χ2v) is 3.15. The number of anilines is 2. The van der Waals surface area contributed by atoms with Crippen LogP contribution in [0.5, 0.6) is 5.75 Å². The molecule has 0 saturated heterocycles. The first-order chi connectivity index (χ1) is 6.69. The van der Waals surface area contributed by atoms with Crippen molar-refractivity contribution in [2.75, 3.05) is 24.8 Å². The normalized spacial score (nSPS) is 10.1. The van der Waals surface area contributed by atoms with Crippen LogP contribution in [0.25, 0.3) is 0 Å². The first-order valence-electron chi connectivity index (χ1n) is 4.52. The van der Waals surface area contributed by atoms with E-state index in [1.165, 1.54) is 6.33 Å². The molecule has 0 aliphatic heterocycles. The maximum Gasteiger partial charge on any atom is 0.204 e. The van der Waals surface area contributed by atoms with Gasteiger partial charge in [0.05, 0.1) is 7.11 Å². The zero-order chi connectivity index (χ0) is 10.6. The van der Waals surface area contributed by atoms with Crippen molar-refractivity contribution in [1.29, 1.82) is 0 Å². The molecule has 1 aromatic heterocycles. The summed E-state index contributed by atoms with van der Waals surface area (Å²) >= 11 is 0. The van der Waals surface area contributed by atoms with Gasteiger partial charge in [0.1, 0.15) is 6.33 Å². The fourth-order valence-electron chi connectivity index (χ4n) is 1.12. The van der Waals surface area contributed by atoms with E-state index >= 15 is 0 Å². The predicted molar refractivity (Wildman–Crippen MR) is 56.9 cm³/mol. The molecule has 0 atom stereocenters. The molecule has 0 aromatic carbocycles. The Labute approximate surface area is 83.9 Å². The maximum absolute atomic E-state index is 5.22. The standard InChI is InChI=1S/C9H16N4O/c1-6(2)13-9-7(14-4)8(10-3)11-5-12-9/h5-6H,1-4H3,(H2,10,11,12,13). The molecule has 0 amide bonds. The van der Waals surface area contributed by atoms with Gasteiger partial charge in [0.2, 0.25) is 5.75 Å². The Balaban J connectivity index is 3.02. The van der Waals surface area contributed by atoms with Crippen molar-refractivity contribution in [3.05, 3.63) is 6.33 Å². The topological polar surface area (TPSA) is 59.1 Å². The van der Waals surface area contributed by atoms with E-state index in [0.29, 0.717) is 23.4 Å². The molecular formula is C9H16N4O. The second kappa shape index (κ2) is 4.64. The number of hydrogen-bond acceptors (Lipinski definition) is 5. The Morgan fingerprint density at radius 2 is 1.93 bits per heavy atom. The SMILES string of the molecule is CNc1ncnc(NC(C)C)c1OC. The quantitative estimate of drug-likeness (QED) is 0.761.